The van der Waals surface area contributed by atoms with Gasteiger partial charge in [0, 0.05) is 6.54 Å². The monoisotopic (exact) mass is 398 g/mol. The Labute approximate surface area is 180 Å². The molecule has 0 bridgehead atoms. The van der Waals surface area contributed by atoms with Crippen LogP contribution < -0.4 is 0 Å². The molecule has 0 atom stereocenters. The van der Waals surface area contributed by atoms with E-state index in [9.17, 15) is 0 Å². The number of benzene rings is 3. The molecule has 3 heteroatoms. The predicted molar refractivity (Wildman–Crippen MR) is 124 cm³/mol. The average molecular weight is 399 g/mol. The lowest BCUT2D eigenvalue weighted by atomic mass is 10.0. The van der Waals surface area contributed by atoms with Gasteiger partial charge >= 0.3 is 0 Å². The van der Waals surface area contributed by atoms with Crippen molar-refractivity contribution in [1.82, 2.24) is 4.90 Å². The van der Waals surface area contributed by atoms with Crippen LogP contribution in [-0.4, -0.2) is 23.7 Å². The van der Waals surface area contributed by atoms with Gasteiger partial charge in [-0.25, -0.2) is 0 Å². The largest absolute Gasteiger partial charge is 0.391 e. The van der Waals surface area contributed by atoms with Crippen molar-refractivity contribution in [2.45, 2.75) is 39.3 Å². The van der Waals surface area contributed by atoms with Crippen LogP contribution in [0.4, 0.5) is 0 Å². The molecule has 0 aliphatic carbocycles. The molecule has 30 heavy (non-hydrogen) atoms. The summed E-state index contributed by atoms with van der Waals surface area (Å²) in [6.45, 7) is 5.97. The quantitative estimate of drug-likeness (QED) is 0.346. The molecule has 3 nitrogen and oxygen atoms in total. The molecule has 4 rings (SSSR count). The van der Waals surface area contributed by atoms with Gasteiger partial charge < -0.3 is 4.84 Å². The van der Waals surface area contributed by atoms with Gasteiger partial charge in [0.15, 0.2) is 0 Å². The summed E-state index contributed by atoms with van der Waals surface area (Å²) in [6, 6.07) is 27.6. The molecule has 3 aromatic carbocycles. The first-order chi connectivity index (χ1) is 14.8. The minimum absolute atomic E-state index is 0.472. The first kappa shape index (κ1) is 20.4. The van der Waals surface area contributed by atoms with Crippen LogP contribution in [0.15, 0.2) is 84.0 Å². The van der Waals surface area contributed by atoms with Gasteiger partial charge in [0.05, 0.1) is 5.71 Å². The molecule has 1 aliphatic rings. The summed E-state index contributed by atoms with van der Waals surface area (Å²) in [6.07, 6.45) is 4.04. The minimum atomic E-state index is 0.472. The Morgan fingerprint density at radius 2 is 1.40 bits per heavy atom. The van der Waals surface area contributed by atoms with Gasteiger partial charge in [0.2, 0.25) is 0 Å². The molecule has 1 saturated heterocycles. The second-order valence-corrected chi connectivity index (χ2v) is 8.05. The van der Waals surface area contributed by atoms with Crippen LogP contribution in [0.25, 0.3) is 11.1 Å². The molecule has 0 N–H and O–H groups in total. The molecule has 1 aliphatic heterocycles. The molecule has 0 amide bonds. The number of likely N-dealkylation sites (tertiary alicyclic amines) is 1. The fourth-order valence-electron chi connectivity index (χ4n) is 3.91. The fourth-order valence-corrected chi connectivity index (χ4v) is 3.91. The van der Waals surface area contributed by atoms with Crippen molar-refractivity contribution in [2.75, 3.05) is 13.1 Å². The number of piperidine rings is 1. The van der Waals surface area contributed by atoms with Crippen LogP contribution >= 0.6 is 0 Å². The summed E-state index contributed by atoms with van der Waals surface area (Å²) in [7, 11) is 0. The normalized spacial score (nSPS) is 15.2. The lowest BCUT2D eigenvalue weighted by Crippen LogP contribution is -2.29. The van der Waals surface area contributed by atoms with Crippen LogP contribution in [-0.2, 0) is 18.0 Å². The number of oxime groups is 1. The van der Waals surface area contributed by atoms with E-state index < -0.39 is 0 Å². The van der Waals surface area contributed by atoms with Gasteiger partial charge in [0.1, 0.15) is 6.61 Å². The molecular formula is C27H30N2O. The summed E-state index contributed by atoms with van der Waals surface area (Å²) in [5, 5.41) is 4.32. The van der Waals surface area contributed by atoms with Crippen LogP contribution in [0, 0.1) is 0 Å². The zero-order valence-corrected chi connectivity index (χ0v) is 17.8. The first-order valence-corrected chi connectivity index (χ1v) is 10.9. The SMILES string of the molecule is CC(=NOCc1ccc(-c2ccccc2)cc1)c1ccc(CN2CCCCC2)cc1. The third-order valence-corrected chi connectivity index (χ3v) is 5.72. The van der Waals surface area contributed by atoms with E-state index in [1.165, 1.54) is 49.0 Å². The van der Waals surface area contributed by atoms with Crippen molar-refractivity contribution < 1.29 is 4.84 Å². The summed E-state index contributed by atoms with van der Waals surface area (Å²) in [4.78, 5) is 8.16. The van der Waals surface area contributed by atoms with Crippen molar-refractivity contribution in [2.24, 2.45) is 5.16 Å². The van der Waals surface area contributed by atoms with Crippen molar-refractivity contribution >= 4 is 5.71 Å². The molecule has 154 valence electrons. The van der Waals surface area contributed by atoms with Crippen LogP contribution in [0.1, 0.15) is 42.9 Å². The molecule has 3 aromatic rings. The Morgan fingerprint density at radius 1 is 0.767 bits per heavy atom. The zero-order chi connectivity index (χ0) is 20.6. The number of rotatable bonds is 7. The molecule has 0 unspecified atom stereocenters. The van der Waals surface area contributed by atoms with Crippen molar-refractivity contribution in [1.29, 1.82) is 0 Å². The summed E-state index contributed by atoms with van der Waals surface area (Å²) >= 11 is 0. The van der Waals surface area contributed by atoms with E-state index >= 15 is 0 Å². The summed E-state index contributed by atoms with van der Waals surface area (Å²) in [5.41, 5.74) is 6.93. The molecule has 0 aromatic heterocycles. The molecule has 0 spiro atoms. The maximum atomic E-state index is 5.61. The van der Waals surface area contributed by atoms with E-state index in [1.54, 1.807) is 0 Å². The fraction of sp³-hybridized carbons (Fsp3) is 0.296. The van der Waals surface area contributed by atoms with Crippen molar-refractivity contribution in [3.63, 3.8) is 0 Å². The van der Waals surface area contributed by atoms with E-state index in [4.69, 9.17) is 4.84 Å². The predicted octanol–water partition coefficient (Wildman–Crippen LogP) is 6.28. The molecule has 1 heterocycles. The Balaban J connectivity index is 1.29. The van der Waals surface area contributed by atoms with Crippen LogP contribution in [0.2, 0.25) is 0 Å². The van der Waals surface area contributed by atoms with Gasteiger partial charge in [-0.05, 0) is 60.7 Å². The third kappa shape index (κ3) is 5.58. The highest BCUT2D eigenvalue weighted by molar-refractivity contribution is 5.98. The average Bonchev–Trinajstić information content (AvgIpc) is 2.81. The second kappa shape index (κ2) is 10.2. The lowest BCUT2D eigenvalue weighted by molar-refractivity contribution is 0.130. The summed E-state index contributed by atoms with van der Waals surface area (Å²) < 4.78 is 0. The Hall–Kier alpha value is -2.91. The van der Waals surface area contributed by atoms with Gasteiger partial charge in [0.25, 0.3) is 0 Å². The first-order valence-electron chi connectivity index (χ1n) is 10.9. The van der Waals surface area contributed by atoms with E-state index in [2.05, 4.69) is 82.9 Å². The minimum Gasteiger partial charge on any atom is -0.391 e. The van der Waals surface area contributed by atoms with E-state index in [0.717, 1.165) is 23.4 Å². The molecule has 1 fully saturated rings. The lowest BCUT2D eigenvalue weighted by Gasteiger charge is -2.26. The zero-order valence-electron chi connectivity index (χ0n) is 17.8. The highest BCUT2D eigenvalue weighted by Gasteiger charge is 2.10. The topological polar surface area (TPSA) is 24.8 Å². The number of hydrogen-bond donors (Lipinski definition) is 0. The van der Waals surface area contributed by atoms with E-state index in [-0.39, 0.29) is 0 Å². The van der Waals surface area contributed by atoms with Crippen molar-refractivity contribution in [3.8, 4) is 11.1 Å². The third-order valence-electron chi connectivity index (χ3n) is 5.72. The molecular weight excluding hydrogens is 368 g/mol. The van der Waals surface area contributed by atoms with Crippen LogP contribution in [0.3, 0.4) is 0 Å². The maximum Gasteiger partial charge on any atom is 0.142 e. The Morgan fingerprint density at radius 3 is 2.10 bits per heavy atom. The van der Waals surface area contributed by atoms with Gasteiger partial charge in [-0.3, -0.25) is 4.90 Å². The second-order valence-electron chi connectivity index (χ2n) is 8.05. The van der Waals surface area contributed by atoms with E-state index in [0.29, 0.717) is 6.61 Å². The van der Waals surface area contributed by atoms with E-state index in [1.807, 2.05) is 13.0 Å². The number of hydrogen-bond acceptors (Lipinski definition) is 3. The number of nitrogens with zero attached hydrogens (tertiary/aromatic N) is 2. The Bertz CT molecular complexity index is 940. The Kier molecular flexibility index (Phi) is 6.94. The smallest absolute Gasteiger partial charge is 0.142 e. The standard InChI is InChI=1S/C27H30N2O/c1-22(25-14-10-23(11-15-25)20-29-18-6-3-7-19-29)28-30-21-24-12-16-27(17-13-24)26-8-4-2-5-9-26/h2,4-5,8-17H,3,6-7,18-21H2,1H3. The highest BCUT2D eigenvalue weighted by Crippen LogP contribution is 2.19. The molecule has 0 saturated carbocycles. The maximum absolute atomic E-state index is 5.61. The van der Waals surface area contributed by atoms with Gasteiger partial charge in [-0.2, -0.15) is 0 Å². The highest BCUT2D eigenvalue weighted by atomic mass is 16.6. The van der Waals surface area contributed by atoms with Crippen LogP contribution in [0.5, 0.6) is 0 Å². The van der Waals surface area contributed by atoms with Gasteiger partial charge in [-0.15, -0.1) is 0 Å². The summed E-state index contributed by atoms with van der Waals surface area (Å²) in [5.74, 6) is 0. The molecule has 0 radical (unpaired) electrons. The van der Waals surface area contributed by atoms with Gasteiger partial charge in [-0.1, -0.05) is 90.4 Å². The van der Waals surface area contributed by atoms with Crippen molar-refractivity contribution in [3.05, 3.63) is 95.6 Å².